The monoisotopic (exact) mass is 376 g/mol. The Kier molecular flexibility index (Phi) is 4.76. The quantitative estimate of drug-likeness (QED) is 0.782. The van der Waals surface area contributed by atoms with E-state index >= 15 is 0 Å². The molecule has 2 aromatic rings. The Morgan fingerprint density at radius 1 is 1.16 bits per heavy atom. The topological polar surface area (TPSA) is 57.2 Å². The zero-order valence-electron chi connectivity index (χ0n) is 17.1. The van der Waals surface area contributed by atoms with Crippen molar-refractivity contribution in [3.63, 3.8) is 0 Å². The summed E-state index contributed by atoms with van der Waals surface area (Å²) in [4.78, 5) is 11.4. The molecule has 0 bridgehead atoms. The molecule has 0 aliphatic heterocycles. The first-order valence-electron chi connectivity index (χ1n) is 8.81. The molecular weight excluding hydrogens is 344 g/mol. The molecular formula is C19H32N2O2Si2. The maximum absolute atomic E-state index is 11.4. The van der Waals surface area contributed by atoms with Crippen LogP contribution in [-0.4, -0.2) is 26.6 Å². The van der Waals surface area contributed by atoms with Gasteiger partial charge in [0.2, 0.25) is 0 Å². The number of carbonyl (C=O) groups excluding carboxylic acids is 1. The van der Waals surface area contributed by atoms with E-state index in [1.54, 1.807) is 0 Å². The molecule has 0 unspecified atom stereocenters. The Bertz CT molecular complexity index is 825. The van der Waals surface area contributed by atoms with Gasteiger partial charge < -0.3 is 14.7 Å². The van der Waals surface area contributed by atoms with E-state index in [9.17, 15) is 4.79 Å². The fraction of sp³-hybridized carbons (Fsp3) is 0.526. The second-order valence-electron chi connectivity index (χ2n) is 9.50. The van der Waals surface area contributed by atoms with E-state index in [2.05, 4.69) is 76.1 Å². The van der Waals surface area contributed by atoms with Crippen molar-refractivity contribution in [2.24, 2.45) is 5.73 Å². The summed E-state index contributed by atoms with van der Waals surface area (Å²) in [5.41, 5.74) is 7.56. The van der Waals surface area contributed by atoms with Crippen LogP contribution in [-0.2, 0) is 0 Å². The standard InChI is InChI=1S/C19H32N2O2Si2/c1-13-12-15-14(10-11-21(15)25(8,9)19(2,3)4)17(24(5,6)7)16(13)23-18(20)22/h10-12H,1-9H3,(H2,20,22). The van der Waals surface area contributed by atoms with Gasteiger partial charge in [-0.25, -0.2) is 4.79 Å². The van der Waals surface area contributed by atoms with Crippen molar-refractivity contribution < 1.29 is 9.53 Å². The summed E-state index contributed by atoms with van der Waals surface area (Å²) >= 11 is 0. The number of fused-ring (bicyclic) bond motifs is 1. The third-order valence-corrected chi connectivity index (χ3v) is 12.8. The van der Waals surface area contributed by atoms with E-state index in [1.165, 1.54) is 16.1 Å². The molecule has 0 saturated carbocycles. The van der Waals surface area contributed by atoms with Gasteiger partial charge in [0.1, 0.15) is 5.75 Å². The van der Waals surface area contributed by atoms with E-state index in [4.69, 9.17) is 10.5 Å². The minimum atomic E-state index is -1.76. The van der Waals surface area contributed by atoms with Gasteiger partial charge in [0, 0.05) is 10.9 Å². The number of nitrogens with zero attached hydrogens (tertiary/aromatic N) is 1. The molecule has 0 spiro atoms. The van der Waals surface area contributed by atoms with Crippen molar-refractivity contribution >= 4 is 38.5 Å². The number of rotatable bonds is 3. The fourth-order valence-electron chi connectivity index (χ4n) is 3.22. The van der Waals surface area contributed by atoms with E-state index in [-0.39, 0.29) is 5.04 Å². The molecule has 0 aliphatic carbocycles. The van der Waals surface area contributed by atoms with Gasteiger partial charge in [-0.1, -0.05) is 53.5 Å². The Labute approximate surface area is 153 Å². The van der Waals surface area contributed by atoms with Crippen LogP contribution in [0.2, 0.25) is 37.8 Å². The number of amides is 1. The predicted molar refractivity (Wildman–Crippen MR) is 112 cm³/mol. The number of ether oxygens (including phenoxy) is 1. The molecule has 1 aromatic carbocycles. The number of aryl methyl sites for hydroxylation is 1. The van der Waals surface area contributed by atoms with Gasteiger partial charge in [-0.2, -0.15) is 0 Å². The maximum atomic E-state index is 11.4. The van der Waals surface area contributed by atoms with Crippen LogP contribution in [0.5, 0.6) is 5.75 Å². The van der Waals surface area contributed by atoms with Crippen LogP contribution in [0.1, 0.15) is 26.3 Å². The molecule has 0 atom stereocenters. The fourth-order valence-corrected chi connectivity index (χ4v) is 7.12. The van der Waals surface area contributed by atoms with Gasteiger partial charge in [0.15, 0.2) is 8.24 Å². The van der Waals surface area contributed by atoms with E-state index < -0.39 is 22.4 Å². The van der Waals surface area contributed by atoms with Crippen LogP contribution in [0.15, 0.2) is 18.3 Å². The Hall–Kier alpha value is -1.54. The second kappa shape index (κ2) is 6.02. The second-order valence-corrected chi connectivity index (χ2v) is 19.6. The third kappa shape index (κ3) is 3.42. The molecule has 2 N–H and O–H groups in total. The molecule has 1 heterocycles. The average Bonchev–Trinajstić information content (AvgIpc) is 2.79. The molecule has 0 saturated heterocycles. The lowest BCUT2D eigenvalue weighted by molar-refractivity contribution is 0.211. The molecule has 0 aliphatic rings. The molecule has 4 nitrogen and oxygen atoms in total. The number of nitrogens with two attached hydrogens (primary N) is 1. The average molecular weight is 377 g/mol. The number of carbonyl (C=O) groups is 1. The lowest BCUT2D eigenvalue weighted by Gasteiger charge is -2.38. The minimum absolute atomic E-state index is 0.231. The number of benzene rings is 1. The Morgan fingerprint density at radius 3 is 2.16 bits per heavy atom. The molecule has 0 fully saturated rings. The zero-order valence-corrected chi connectivity index (χ0v) is 19.1. The van der Waals surface area contributed by atoms with Gasteiger partial charge in [-0.3, -0.25) is 0 Å². The number of hydrogen-bond donors (Lipinski definition) is 1. The summed E-state index contributed by atoms with van der Waals surface area (Å²) < 4.78 is 7.94. The summed E-state index contributed by atoms with van der Waals surface area (Å²) in [5.74, 6) is 0.659. The molecule has 1 amide bonds. The van der Waals surface area contributed by atoms with Gasteiger partial charge in [0.05, 0.1) is 8.07 Å². The van der Waals surface area contributed by atoms with Crippen LogP contribution in [0.4, 0.5) is 4.79 Å². The summed E-state index contributed by atoms with van der Waals surface area (Å²) in [5, 5.41) is 2.61. The van der Waals surface area contributed by atoms with Gasteiger partial charge in [0.25, 0.3) is 0 Å². The molecule has 6 heteroatoms. The normalized spacial score (nSPS) is 13.3. The molecule has 1 aromatic heterocycles. The first-order valence-corrected chi connectivity index (χ1v) is 15.3. The van der Waals surface area contributed by atoms with Crippen LogP contribution in [0, 0.1) is 6.92 Å². The Morgan fingerprint density at radius 2 is 1.72 bits per heavy atom. The lowest BCUT2D eigenvalue weighted by Crippen LogP contribution is -2.45. The Balaban J connectivity index is 2.89. The summed E-state index contributed by atoms with van der Waals surface area (Å²) in [6.07, 6.45) is 1.48. The summed E-state index contributed by atoms with van der Waals surface area (Å²) in [6.45, 7) is 20.6. The van der Waals surface area contributed by atoms with Crippen molar-refractivity contribution in [1.29, 1.82) is 0 Å². The van der Waals surface area contributed by atoms with Crippen molar-refractivity contribution in [3.8, 4) is 5.75 Å². The smallest absolute Gasteiger partial charge is 0.409 e. The predicted octanol–water partition coefficient (Wildman–Crippen LogP) is 4.81. The van der Waals surface area contributed by atoms with E-state index in [1.807, 2.05) is 6.92 Å². The van der Waals surface area contributed by atoms with Crippen LogP contribution in [0.3, 0.4) is 0 Å². The third-order valence-electron chi connectivity index (χ3n) is 5.52. The molecule has 2 rings (SSSR count). The van der Waals surface area contributed by atoms with Crippen molar-refractivity contribution in [2.45, 2.75) is 65.5 Å². The van der Waals surface area contributed by atoms with Crippen LogP contribution < -0.4 is 15.7 Å². The zero-order chi connectivity index (χ0) is 19.4. The number of primary amides is 1. The summed E-state index contributed by atoms with van der Waals surface area (Å²) in [7, 11) is -3.51. The van der Waals surface area contributed by atoms with Crippen molar-refractivity contribution in [1.82, 2.24) is 4.23 Å². The SMILES string of the molecule is Cc1cc2c(ccn2[Si](C)(C)C(C)(C)C)c([Si](C)(C)C)c1OC(N)=O. The highest BCUT2D eigenvalue weighted by atomic mass is 28.3. The minimum Gasteiger partial charge on any atom is -0.410 e. The van der Waals surface area contributed by atoms with Gasteiger partial charge >= 0.3 is 6.09 Å². The van der Waals surface area contributed by atoms with E-state index in [0.29, 0.717) is 5.75 Å². The number of hydrogen-bond acceptors (Lipinski definition) is 2. The molecule has 138 valence electrons. The van der Waals surface area contributed by atoms with Crippen molar-refractivity contribution in [2.75, 3.05) is 0 Å². The first kappa shape index (κ1) is 19.8. The van der Waals surface area contributed by atoms with Gasteiger partial charge in [-0.05, 0) is 41.0 Å². The maximum Gasteiger partial charge on any atom is 0.409 e. The highest BCUT2D eigenvalue weighted by molar-refractivity contribution is 6.91. The van der Waals surface area contributed by atoms with E-state index in [0.717, 1.165) is 5.56 Å². The molecule has 25 heavy (non-hydrogen) atoms. The molecule has 0 radical (unpaired) electrons. The largest absolute Gasteiger partial charge is 0.410 e. The summed E-state index contributed by atoms with van der Waals surface area (Å²) in [6, 6.07) is 4.34. The van der Waals surface area contributed by atoms with Crippen molar-refractivity contribution in [3.05, 3.63) is 23.9 Å². The lowest BCUT2D eigenvalue weighted by atomic mass is 10.1. The highest BCUT2D eigenvalue weighted by Crippen LogP contribution is 2.39. The van der Waals surface area contributed by atoms with Gasteiger partial charge in [-0.15, -0.1) is 0 Å². The highest BCUT2D eigenvalue weighted by Gasteiger charge is 2.39. The van der Waals surface area contributed by atoms with Crippen LogP contribution in [0.25, 0.3) is 10.9 Å². The van der Waals surface area contributed by atoms with Crippen LogP contribution >= 0.6 is 0 Å². The number of aromatic nitrogens is 1. The first-order chi connectivity index (χ1) is 11.2.